The van der Waals surface area contributed by atoms with Gasteiger partial charge in [-0.2, -0.15) is 0 Å². The van der Waals surface area contributed by atoms with Crippen LogP contribution in [-0.2, 0) is 14.0 Å². The molecule has 174 valence electrons. The van der Waals surface area contributed by atoms with Crippen LogP contribution in [0.1, 0.15) is 70.9 Å². The highest BCUT2D eigenvalue weighted by atomic mass is 28.4. The van der Waals surface area contributed by atoms with Gasteiger partial charge < -0.3 is 9.33 Å². The number of Topliss-reactive ketones (excluding diaryl/α,β-unsaturated/α-hetero) is 1. The maximum absolute atomic E-state index is 14.1. The molecule has 1 amide bonds. The van der Waals surface area contributed by atoms with E-state index in [1.54, 1.807) is 4.90 Å². The summed E-state index contributed by atoms with van der Waals surface area (Å²) in [5.74, 6) is -0.563. The average Bonchev–Trinajstić information content (AvgIpc) is 2.92. The van der Waals surface area contributed by atoms with Crippen LogP contribution in [-0.4, -0.2) is 33.2 Å². The Labute approximate surface area is 194 Å². The van der Waals surface area contributed by atoms with Gasteiger partial charge in [-0.05, 0) is 47.2 Å². The number of ketones is 1. The van der Waals surface area contributed by atoms with Gasteiger partial charge in [0, 0.05) is 24.1 Å². The number of carbonyl (C=O) groups excluding carboxylic acids is 2. The van der Waals surface area contributed by atoms with Crippen molar-refractivity contribution in [3.05, 3.63) is 42.0 Å². The summed E-state index contributed by atoms with van der Waals surface area (Å²) in [4.78, 5) is 29.4. The van der Waals surface area contributed by atoms with E-state index in [-0.39, 0.29) is 40.6 Å². The average molecular weight is 454 g/mol. The lowest BCUT2D eigenvalue weighted by Crippen LogP contribution is -2.56. The molecule has 0 spiro atoms. The minimum Gasteiger partial charge on any atom is -0.413 e. The Morgan fingerprint density at radius 2 is 1.78 bits per heavy atom. The normalized spacial score (nSPS) is 33.7. The first-order valence-corrected chi connectivity index (χ1v) is 14.8. The summed E-state index contributed by atoms with van der Waals surface area (Å²) in [6.45, 7) is 21.9. The van der Waals surface area contributed by atoms with Gasteiger partial charge in [-0.1, -0.05) is 59.8 Å². The third kappa shape index (κ3) is 2.89. The second kappa shape index (κ2) is 6.89. The SMILES string of the molecule is C=C[C@]1(C)[C@@H](O[Si](C)(C)C(C)(C)C)C[C@H]2C(=O)[C@@H]1c1cccc3c1[C@H](C(=O)N3C)C2(C)C. The maximum atomic E-state index is 14.1. The van der Waals surface area contributed by atoms with Crippen LogP contribution >= 0.6 is 0 Å². The van der Waals surface area contributed by atoms with Crippen LogP contribution in [0.15, 0.2) is 30.9 Å². The first kappa shape index (κ1) is 23.4. The van der Waals surface area contributed by atoms with Crippen LogP contribution in [0.2, 0.25) is 18.1 Å². The zero-order valence-electron chi connectivity index (χ0n) is 21.2. The fourth-order valence-corrected chi connectivity index (χ4v) is 7.56. The number of rotatable bonds is 3. The molecule has 4 rings (SSSR count). The molecular formula is C27H39NO3Si. The topological polar surface area (TPSA) is 46.6 Å². The minimum atomic E-state index is -2.09. The number of hydrogen-bond acceptors (Lipinski definition) is 3. The number of hydrogen-bond donors (Lipinski definition) is 0. The van der Waals surface area contributed by atoms with E-state index in [9.17, 15) is 9.59 Å². The van der Waals surface area contributed by atoms with Crippen molar-refractivity contribution in [3.63, 3.8) is 0 Å². The molecule has 1 heterocycles. The first-order chi connectivity index (χ1) is 14.6. The highest BCUT2D eigenvalue weighted by molar-refractivity contribution is 6.74. The lowest BCUT2D eigenvalue weighted by Gasteiger charge is -2.53. The van der Waals surface area contributed by atoms with Gasteiger partial charge in [0.1, 0.15) is 5.78 Å². The van der Waals surface area contributed by atoms with Crippen molar-refractivity contribution in [2.45, 2.75) is 84.0 Å². The van der Waals surface area contributed by atoms with Crippen LogP contribution in [0.25, 0.3) is 0 Å². The van der Waals surface area contributed by atoms with Crippen molar-refractivity contribution in [1.29, 1.82) is 0 Å². The number of benzene rings is 1. The number of amides is 1. The molecule has 3 aliphatic rings. The van der Waals surface area contributed by atoms with E-state index in [0.717, 1.165) is 16.8 Å². The molecule has 1 aromatic rings. The van der Waals surface area contributed by atoms with Crippen molar-refractivity contribution in [2.24, 2.45) is 16.7 Å². The highest BCUT2D eigenvalue weighted by Crippen LogP contribution is 2.63. The molecule has 5 heteroatoms. The van der Waals surface area contributed by atoms with Gasteiger partial charge >= 0.3 is 0 Å². The van der Waals surface area contributed by atoms with E-state index in [2.05, 4.69) is 67.3 Å². The highest BCUT2D eigenvalue weighted by Gasteiger charge is 2.63. The molecule has 0 radical (unpaired) electrons. The Hall–Kier alpha value is -1.72. The molecule has 0 aromatic heterocycles. The molecule has 1 saturated carbocycles. The van der Waals surface area contributed by atoms with Gasteiger partial charge in [0.05, 0.1) is 17.9 Å². The van der Waals surface area contributed by atoms with Gasteiger partial charge in [0.25, 0.3) is 0 Å². The van der Waals surface area contributed by atoms with E-state index < -0.39 is 19.1 Å². The summed E-state index contributed by atoms with van der Waals surface area (Å²) in [6.07, 6.45) is 2.47. The van der Waals surface area contributed by atoms with Crippen LogP contribution < -0.4 is 4.90 Å². The van der Waals surface area contributed by atoms with Crippen molar-refractivity contribution in [3.8, 4) is 0 Å². The van der Waals surface area contributed by atoms with E-state index in [0.29, 0.717) is 6.42 Å². The largest absolute Gasteiger partial charge is 0.413 e. The number of likely N-dealkylation sites (N-methyl/N-ethyl adjacent to an activating group) is 1. The molecule has 2 bridgehead atoms. The lowest BCUT2D eigenvalue weighted by molar-refractivity contribution is -0.141. The summed E-state index contributed by atoms with van der Waals surface area (Å²) in [5, 5.41) is 0.0644. The molecule has 2 aliphatic carbocycles. The summed E-state index contributed by atoms with van der Waals surface area (Å²) in [6, 6.07) is 6.07. The van der Waals surface area contributed by atoms with E-state index in [1.165, 1.54) is 0 Å². The second-order valence-corrected chi connectivity index (χ2v) is 17.2. The third-order valence-corrected chi connectivity index (χ3v) is 13.9. The van der Waals surface area contributed by atoms with E-state index >= 15 is 0 Å². The molecule has 0 N–H and O–H groups in total. The Bertz CT molecular complexity index is 1000. The Morgan fingerprint density at radius 1 is 1.16 bits per heavy atom. The second-order valence-electron chi connectivity index (χ2n) is 12.5. The van der Waals surface area contributed by atoms with Gasteiger partial charge in [-0.3, -0.25) is 9.59 Å². The first-order valence-electron chi connectivity index (χ1n) is 11.8. The van der Waals surface area contributed by atoms with Gasteiger partial charge in [0.2, 0.25) is 5.91 Å². The van der Waals surface area contributed by atoms with Gasteiger partial charge in [0.15, 0.2) is 8.32 Å². The van der Waals surface area contributed by atoms with Crippen molar-refractivity contribution in [1.82, 2.24) is 0 Å². The lowest BCUT2D eigenvalue weighted by atomic mass is 9.56. The van der Waals surface area contributed by atoms with Crippen LogP contribution in [0, 0.1) is 16.7 Å². The molecule has 4 nitrogen and oxygen atoms in total. The quantitative estimate of drug-likeness (QED) is 0.414. The standard InChI is InChI=1S/C27H39NO3Si/c1-11-27(7)19(31-32(9,10)25(2,3)4)15-17-23(29)21(27)16-13-12-14-18-20(16)22(26(17,5)6)24(30)28(18)8/h11-14,17,19,21-22H,1,15H2,2-10H3/t17-,19-,21-,22+,27+/m0/s1. The minimum absolute atomic E-state index is 0.0644. The van der Waals surface area contributed by atoms with Crippen molar-refractivity contribution < 1.29 is 14.0 Å². The summed E-state index contributed by atoms with van der Waals surface area (Å²) in [5.41, 5.74) is 1.96. The third-order valence-electron chi connectivity index (χ3n) is 9.37. The molecule has 0 unspecified atom stereocenters. The van der Waals surface area contributed by atoms with Gasteiger partial charge in [-0.25, -0.2) is 0 Å². The zero-order chi connectivity index (χ0) is 24.0. The van der Waals surface area contributed by atoms with Crippen molar-refractivity contribution >= 4 is 25.7 Å². The molecule has 1 aliphatic heterocycles. The monoisotopic (exact) mass is 453 g/mol. The number of carbonyl (C=O) groups is 2. The number of fused-ring (bicyclic) bond motifs is 3. The summed E-state index contributed by atoms with van der Waals surface area (Å²) < 4.78 is 7.05. The molecule has 5 atom stereocenters. The fraction of sp³-hybridized carbons (Fsp3) is 0.630. The molecule has 1 fully saturated rings. The summed E-state index contributed by atoms with van der Waals surface area (Å²) in [7, 11) is -0.237. The van der Waals surface area contributed by atoms with Crippen molar-refractivity contribution in [2.75, 3.05) is 11.9 Å². The maximum Gasteiger partial charge on any atom is 0.234 e. The zero-order valence-corrected chi connectivity index (χ0v) is 22.2. The smallest absolute Gasteiger partial charge is 0.234 e. The summed E-state index contributed by atoms with van der Waals surface area (Å²) >= 11 is 0. The fourth-order valence-electron chi connectivity index (χ4n) is 6.15. The Balaban J connectivity index is 1.96. The number of anilines is 1. The predicted molar refractivity (Wildman–Crippen MR) is 133 cm³/mol. The van der Waals surface area contributed by atoms with Crippen LogP contribution in [0.3, 0.4) is 0 Å². The Kier molecular flexibility index (Phi) is 5.05. The molecule has 0 saturated heterocycles. The van der Waals surface area contributed by atoms with E-state index in [4.69, 9.17) is 4.43 Å². The van der Waals surface area contributed by atoms with Gasteiger partial charge in [-0.15, -0.1) is 6.58 Å². The van der Waals surface area contributed by atoms with E-state index in [1.807, 2.05) is 25.3 Å². The van der Waals surface area contributed by atoms with Crippen LogP contribution in [0.4, 0.5) is 5.69 Å². The van der Waals surface area contributed by atoms with Crippen LogP contribution in [0.5, 0.6) is 0 Å². The predicted octanol–water partition coefficient (Wildman–Crippen LogP) is 6.04. The Morgan fingerprint density at radius 3 is 2.34 bits per heavy atom. The molecule has 1 aromatic carbocycles. The molecular weight excluding hydrogens is 414 g/mol. The molecule has 32 heavy (non-hydrogen) atoms. The number of nitrogens with zero attached hydrogens (tertiary/aromatic N) is 1.